The van der Waals surface area contributed by atoms with E-state index in [4.69, 9.17) is 9.47 Å². The van der Waals surface area contributed by atoms with Crippen LogP contribution in [0, 0.1) is 0 Å². The smallest absolute Gasteiger partial charge is 0.321 e. The maximum absolute atomic E-state index is 12.1. The predicted octanol–water partition coefficient (Wildman–Crippen LogP) is 2.03. The summed E-state index contributed by atoms with van der Waals surface area (Å²) in [5.41, 5.74) is 0.734. The number of hydrogen-bond acceptors (Lipinski definition) is 5. The average molecular weight is 333 g/mol. The number of hydrogen-bond donors (Lipinski definition) is 3. The van der Waals surface area contributed by atoms with E-state index in [0.29, 0.717) is 24.7 Å². The largest absolute Gasteiger partial charge is 0.486 e. The fourth-order valence-corrected chi connectivity index (χ4v) is 2.96. The van der Waals surface area contributed by atoms with Crippen LogP contribution in [0.4, 0.5) is 10.5 Å². The number of imide groups is 1. The molecular formula is C17H23N3O4. The Morgan fingerprint density at radius 2 is 1.83 bits per heavy atom. The molecule has 0 radical (unpaired) electrons. The molecule has 24 heavy (non-hydrogen) atoms. The Balaban J connectivity index is 1.51. The molecule has 3 N–H and O–H groups in total. The lowest BCUT2D eigenvalue weighted by Crippen LogP contribution is -2.48. The summed E-state index contributed by atoms with van der Waals surface area (Å²) < 4.78 is 11.0. The van der Waals surface area contributed by atoms with E-state index < -0.39 is 12.1 Å². The molecule has 1 heterocycles. The Kier molecular flexibility index (Phi) is 5.08. The van der Waals surface area contributed by atoms with Gasteiger partial charge in [0.05, 0.1) is 0 Å². The van der Waals surface area contributed by atoms with Crippen molar-refractivity contribution in [2.45, 2.75) is 44.7 Å². The van der Waals surface area contributed by atoms with Crippen molar-refractivity contribution in [3.8, 4) is 11.5 Å². The number of ether oxygens (including phenoxy) is 2. The van der Waals surface area contributed by atoms with Crippen molar-refractivity contribution in [2.75, 3.05) is 18.5 Å². The van der Waals surface area contributed by atoms with E-state index in [1.54, 1.807) is 19.1 Å². The topological polar surface area (TPSA) is 88.7 Å². The van der Waals surface area contributed by atoms with Crippen LogP contribution in [0.5, 0.6) is 11.5 Å². The first kappa shape index (κ1) is 16.4. The van der Waals surface area contributed by atoms with Gasteiger partial charge in [0.2, 0.25) is 5.91 Å². The van der Waals surface area contributed by atoms with Gasteiger partial charge in [-0.15, -0.1) is 0 Å². The minimum atomic E-state index is -0.554. The zero-order chi connectivity index (χ0) is 16.9. The van der Waals surface area contributed by atoms with E-state index in [1.165, 1.54) is 0 Å². The molecule has 130 valence electrons. The normalized spacial score (nSPS) is 17.9. The maximum Gasteiger partial charge on any atom is 0.321 e. The summed E-state index contributed by atoms with van der Waals surface area (Å²) in [6.45, 7) is 2.75. The Morgan fingerprint density at radius 3 is 2.58 bits per heavy atom. The standard InChI is InChI=1S/C17H23N3O4/c1-11(16(21)20-17(22)19-12-4-2-3-5-12)18-13-6-7-14-15(10-13)24-9-8-23-14/h6-7,10-12,18H,2-5,8-9H2,1H3,(H2,19,20,21,22). The lowest BCUT2D eigenvalue weighted by Gasteiger charge is -2.20. The lowest BCUT2D eigenvalue weighted by atomic mass is 10.2. The summed E-state index contributed by atoms with van der Waals surface area (Å²) in [6, 6.07) is 4.60. The summed E-state index contributed by atoms with van der Waals surface area (Å²) in [7, 11) is 0. The van der Waals surface area contributed by atoms with Gasteiger partial charge in [-0.2, -0.15) is 0 Å². The van der Waals surface area contributed by atoms with Gasteiger partial charge in [-0.1, -0.05) is 12.8 Å². The molecule has 3 rings (SSSR count). The number of carbonyl (C=O) groups is 2. The van der Waals surface area contributed by atoms with Crippen LogP contribution in [-0.2, 0) is 4.79 Å². The van der Waals surface area contributed by atoms with Crippen molar-refractivity contribution in [3.05, 3.63) is 18.2 Å². The second-order valence-electron chi connectivity index (χ2n) is 6.17. The van der Waals surface area contributed by atoms with Crippen molar-refractivity contribution >= 4 is 17.6 Å². The van der Waals surface area contributed by atoms with Crippen LogP contribution in [0.15, 0.2) is 18.2 Å². The minimum absolute atomic E-state index is 0.179. The maximum atomic E-state index is 12.1. The second-order valence-corrected chi connectivity index (χ2v) is 6.17. The number of urea groups is 1. The Morgan fingerprint density at radius 1 is 1.12 bits per heavy atom. The third-order valence-corrected chi connectivity index (χ3v) is 4.25. The van der Waals surface area contributed by atoms with Crippen LogP contribution in [0.1, 0.15) is 32.6 Å². The zero-order valence-electron chi connectivity index (χ0n) is 13.8. The molecule has 1 aliphatic carbocycles. The SMILES string of the molecule is CC(Nc1ccc2c(c1)OCCO2)C(=O)NC(=O)NC1CCCC1. The van der Waals surface area contributed by atoms with Gasteiger partial charge in [0.25, 0.3) is 0 Å². The molecule has 1 aliphatic heterocycles. The minimum Gasteiger partial charge on any atom is -0.486 e. The molecule has 0 aromatic heterocycles. The highest BCUT2D eigenvalue weighted by Crippen LogP contribution is 2.32. The molecule has 1 saturated carbocycles. The molecule has 0 spiro atoms. The quantitative estimate of drug-likeness (QED) is 0.784. The summed E-state index contributed by atoms with van der Waals surface area (Å²) in [5.74, 6) is 0.970. The molecular weight excluding hydrogens is 310 g/mol. The summed E-state index contributed by atoms with van der Waals surface area (Å²) in [6.07, 6.45) is 4.21. The molecule has 0 bridgehead atoms. The molecule has 1 unspecified atom stereocenters. The first-order valence-electron chi connectivity index (χ1n) is 8.39. The molecule has 1 aromatic carbocycles. The van der Waals surface area contributed by atoms with Crippen molar-refractivity contribution in [3.63, 3.8) is 0 Å². The monoisotopic (exact) mass is 333 g/mol. The lowest BCUT2D eigenvalue weighted by molar-refractivity contribution is -0.120. The predicted molar refractivity (Wildman–Crippen MR) is 89.4 cm³/mol. The van der Waals surface area contributed by atoms with E-state index in [9.17, 15) is 9.59 Å². The van der Waals surface area contributed by atoms with E-state index >= 15 is 0 Å². The van der Waals surface area contributed by atoms with Crippen LogP contribution in [0.2, 0.25) is 0 Å². The number of rotatable bonds is 4. The van der Waals surface area contributed by atoms with Crippen molar-refractivity contribution in [2.24, 2.45) is 0 Å². The summed E-state index contributed by atoms with van der Waals surface area (Å²) >= 11 is 0. The van der Waals surface area contributed by atoms with Crippen LogP contribution in [0.25, 0.3) is 0 Å². The summed E-state index contributed by atoms with van der Waals surface area (Å²) in [5, 5.41) is 8.28. The van der Waals surface area contributed by atoms with Gasteiger partial charge in [-0.05, 0) is 31.9 Å². The fraction of sp³-hybridized carbons (Fsp3) is 0.529. The Bertz CT molecular complexity index is 614. The van der Waals surface area contributed by atoms with Crippen molar-refractivity contribution in [1.82, 2.24) is 10.6 Å². The molecule has 1 fully saturated rings. The van der Waals surface area contributed by atoms with E-state index in [0.717, 1.165) is 31.4 Å². The second kappa shape index (κ2) is 7.42. The van der Waals surface area contributed by atoms with Crippen molar-refractivity contribution < 1.29 is 19.1 Å². The number of benzene rings is 1. The number of nitrogens with one attached hydrogen (secondary N) is 3. The van der Waals surface area contributed by atoms with Crippen LogP contribution in [0.3, 0.4) is 0 Å². The summed E-state index contributed by atoms with van der Waals surface area (Å²) in [4.78, 5) is 24.0. The van der Waals surface area contributed by atoms with E-state index in [-0.39, 0.29) is 11.9 Å². The first-order valence-corrected chi connectivity index (χ1v) is 8.39. The van der Waals surface area contributed by atoms with Gasteiger partial charge in [0.15, 0.2) is 11.5 Å². The van der Waals surface area contributed by atoms with E-state index in [1.807, 2.05) is 6.07 Å². The highest BCUT2D eigenvalue weighted by atomic mass is 16.6. The molecule has 3 amide bonds. The van der Waals surface area contributed by atoms with Crippen molar-refractivity contribution in [1.29, 1.82) is 0 Å². The van der Waals surface area contributed by atoms with Gasteiger partial charge in [-0.25, -0.2) is 4.79 Å². The highest BCUT2D eigenvalue weighted by Gasteiger charge is 2.21. The number of anilines is 1. The number of amides is 3. The molecule has 1 atom stereocenters. The van der Waals surface area contributed by atoms with Crippen LogP contribution in [-0.4, -0.2) is 37.2 Å². The Labute approximate surface area is 141 Å². The third-order valence-electron chi connectivity index (χ3n) is 4.25. The molecule has 7 heteroatoms. The number of fused-ring (bicyclic) bond motifs is 1. The fourth-order valence-electron chi connectivity index (χ4n) is 2.96. The highest BCUT2D eigenvalue weighted by molar-refractivity contribution is 5.98. The van der Waals surface area contributed by atoms with Gasteiger partial charge >= 0.3 is 6.03 Å². The first-order chi connectivity index (χ1) is 11.6. The van der Waals surface area contributed by atoms with Gasteiger partial charge < -0.3 is 20.1 Å². The van der Waals surface area contributed by atoms with Crippen LogP contribution < -0.4 is 25.4 Å². The zero-order valence-corrected chi connectivity index (χ0v) is 13.8. The van der Waals surface area contributed by atoms with Gasteiger partial charge in [-0.3, -0.25) is 10.1 Å². The molecule has 7 nitrogen and oxygen atoms in total. The van der Waals surface area contributed by atoms with Crippen LogP contribution >= 0.6 is 0 Å². The molecule has 0 saturated heterocycles. The van der Waals surface area contributed by atoms with Gasteiger partial charge in [0.1, 0.15) is 19.3 Å². The third kappa shape index (κ3) is 4.10. The molecule has 2 aliphatic rings. The Hall–Kier alpha value is -2.44. The average Bonchev–Trinajstić information content (AvgIpc) is 3.07. The van der Waals surface area contributed by atoms with Gasteiger partial charge in [0, 0.05) is 17.8 Å². The molecule has 1 aromatic rings. The number of carbonyl (C=O) groups excluding carboxylic acids is 2. The van der Waals surface area contributed by atoms with E-state index in [2.05, 4.69) is 16.0 Å².